The van der Waals surface area contributed by atoms with Crippen LogP contribution in [0.2, 0.25) is 5.02 Å². The summed E-state index contributed by atoms with van der Waals surface area (Å²) in [5.41, 5.74) is 0. The van der Waals surface area contributed by atoms with Gasteiger partial charge in [0.1, 0.15) is 5.75 Å². The molecule has 1 aliphatic rings. The summed E-state index contributed by atoms with van der Waals surface area (Å²) in [4.78, 5) is 14.0. The van der Waals surface area contributed by atoms with E-state index < -0.39 is 0 Å². The SMILES string of the molecule is O=C(COc1ccc(Cl)cc1)N1CCCC(CBr)C1. The Bertz CT molecular complexity index is 424. The molecule has 5 heteroatoms. The first-order valence-corrected chi connectivity index (χ1v) is 7.91. The van der Waals surface area contributed by atoms with Crippen LogP contribution in [0, 0.1) is 5.92 Å². The fourth-order valence-corrected chi connectivity index (χ4v) is 2.84. The first kappa shape index (κ1) is 14.7. The quantitative estimate of drug-likeness (QED) is 0.783. The number of halogens is 2. The van der Waals surface area contributed by atoms with Gasteiger partial charge in [-0.25, -0.2) is 0 Å². The Hall–Kier alpha value is -0.740. The van der Waals surface area contributed by atoms with Crippen LogP contribution in [0.1, 0.15) is 12.8 Å². The van der Waals surface area contributed by atoms with Crippen molar-refractivity contribution in [1.29, 1.82) is 0 Å². The van der Waals surface area contributed by atoms with Gasteiger partial charge in [-0.2, -0.15) is 0 Å². The number of rotatable bonds is 4. The molecule has 104 valence electrons. The molecule has 1 atom stereocenters. The second kappa shape index (κ2) is 7.15. The highest BCUT2D eigenvalue weighted by Crippen LogP contribution is 2.19. The maximum Gasteiger partial charge on any atom is 0.260 e. The Labute approximate surface area is 127 Å². The zero-order valence-corrected chi connectivity index (χ0v) is 13.0. The zero-order valence-electron chi connectivity index (χ0n) is 10.6. The number of carbonyl (C=O) groups is 1. The minimum Gasteiger partial charge on any atom is -0.484 e. The van der Waals surface area contributed by atoms with Crippen LogP contribution in [-0.4, -0.2) is 35.8 Å². The smallest absolute Gasteiger partial charge is 0.260 e. The molecular formula is C14H17BrClNO2. The summed E-state index contributed by atoms with van der Waals surface area (Å²) in [5.74, 6) is 1.29. The third-order valence-corrected chi connectivity index (χ3v) is 4.43. The van der Waals surface area contributed by atoms with Crippen molar-refractivity contribution in [3.63, 3.8) is 0 Å². The average Bonchev–Trinajstić information content (AvgIpc) is 2.46. The van der Waals surface area contributed by atoms with Gasteiger partial charge < -0.3 is 9.64 Å². The molecule has 0 spiro atoms. The van der Waals surface area contributed by atoms with E-state index >= 15 is 0 Å². The highest BCUT2D eigenvalue weighted by atomic mass is 79.9. The van der Waals surface area contributed by atoms with Gasteiger partial charge in [-0.3, -0.25) is 4.79 Å². The summed E-state index contributed by atoms with van der Waals surface area (Å²) < 4.78 is 5.48. The van der Waals surface area contributed by atoms with Gasteiger partial charge >= 0.3 is 0 Å². The second-order valence-electron chi connectivity index (χ2n) is 4.74. The lowest BCUT2D eigenvalue weighted by Crippen LogP contribution is -2.42. The monoisotopic (exact) mass is 345 g/mol. The summed E-state index contributed by atoms with van der Waals surface area (Å²) in [6, 6.07) is 7.05. The van der Waals surface area contributed by atoms with Crippen molar-refractivity contribution in [2.45, 2.75) is 12.8 Å². The highest BCUT2D eigenvalue weighted by Gasteiger charge is 2.22. The maximum absolute atomic E-state index is 12.1. The molecule has 1 aliphatic heterocycles. The largest absolute Gasteiger partial charge is 0.484 e. The van der Waals surface area contributed by atoms with Crippen molar-refractivity contribution >= 4 is 33.4 Å². The molecule has 0 N–H and O–H groups in total. The third kappa shape index (κ3) is 4.39. The lowest BCUT2D eigenvalue weighted by Gasteiger charge is -2.31. The average molecular weight is 347 g/mol. The Kier molecular flexibility index (Phi) is 5.52. The summed E-state index contributed by atoms with van der Waals surface area (Å²) in [6.07, 6.45) is 2.26. The standard InChI is InChI=1S/C14H17BrClNO2/c15-8-11-2-1-7-17(9-11)14(18)10-19-13-5-3-12(16)4-6-13/h3-6,11H,1-2,7-10H2. The van der Waals surface area contributed by atoms with Gasteiger partial charge in [0.05, 0.1) is 0 Å². The minimum atomic E-state index is 0.0561. The van der Waals surface area contributed by atoms with Gasteiger partial charge in [-0.15, -0.1) is 0 Å². The van der Waals surface area contributed by atoms with Crippen LogP contribution in [0.4, 0.5) is 0 Å². The number of ether oxygens (including phenoxy) is 1. The molecule has 1 heterocycles. The Morgan fingerprint density at radius 1 is 1.42 bits per heavy atom. The molecule has 0 radical (unpaired) electrons. The van der Waals surface area contributed by atoms with E-state index in [-0.39, 0.29) is 12.5 Å². The van der Waals surface area contributed by atoms with E-state index in [0.29, 0.717) is 16.7 Å². The van der Waals surface area contributed by atoms with E-state index in [9.17, 15) is 4.79 Å². The van der Waals surface area contributed by atoms with E-state index in [1.54, 1.807) is 24.3 Å². The number of alkyl halides is 1. The first-order chi connectivity index (χ1) is 9.19. The molecule has 0 saturated carbocycles. The van der Waals surface area contributed by atoms with Crippen molar-refractivity contribution in [2.24, 2.45) is 5.92 Å². The van der Waals surface area contributed by atoms with Crippen LogP contribution in [0.25, 0.3) is 0 Å². The summed E-state index contributed by atoms with van der Waals surface area (Å²) in [5, 5.41) is 1.62. The molecule has 0 bridgehead atoms. The lowest BCUT2D eigenvalue weighted by atomic mass is 10.0. The van der Waals surface area contributed by atoms with Crippen LogP contribution in [0.3, 0.4) is 0 Å². The fourth-order valence-electron chi connectivity index (χ4n) is 2.18. The number of hydrogen-bond donors (Lipinski definition) is 0. The number of amides is 1. The van der Waals surface area contributed by atoms with Gasteiger partial charge in [-0.1, -0.05) is 27.5 Å². The van der Waals surface area contributed by atoms with Gasteiger partial charge in [0.2, 0.25) is 0 Å². The number of piperidine rings is 1. The van der Waals surface area contributed by atoms with Crippen molar-refractivity contribution in [3.05, 3.63) is 29.3 Å². The van der Waals surface area contributed by atoms with Crippen LogP contribution in [0.15, 0.2) is 24.3 Å². The molecule has 1 aromatic carbocycles. The molecule has 0 aliphatic carbocycles. The van der Waals surface area contributed by atoms with Crippen molar-refractivity contribution < 1.29 is 9.53 Å². The Morgan fingerprint density at radius 2 is 2.16 bits per heavy atom. The van der Waals surface area contributed by atoms with Crippen LogP contribution < -0.4 is 4.74 Å². The number of benzene rings is 1. The molecule has 1 fully saturated rings. The summed E-state index contributed by atoms with van der Waals surface area (Å²) >= 11 is 9.28. The first-order valence-electron chi connectivity index (χ1n) is 6.41. The van der Waals surface area contributed by atoms with Crippen LogP contribution in [-0.2, 0) is 4.79 Å². The molecule has 2 rings (SSSR count). The predicted molar refractivity (Wildman–Crippen MR) is 80.0 cm³/mol. The van der Waals surface area contributed by atoms with Gasteiger partial charge in [-0.05, 0) is 43.0 Å². The summed E-state index contributed by atoms with van der Waals surface area (Å²) in [6.45, 7) is 1.76. The van der Waals surface area contributed by atoms with Gasteiger partial charge in [0, 0.05) is 23.4 Å². The normalized spacial score (nSPS) is 19.3. The van der Waals surface area contributed by atoms with E-state index in [0.717, 1.165) is 24.8 Å². The molecule has 3 nitrogen and oxygen atoms in total. The Balaban J connectivity index is 1.82. The second-order valence-corrected chi connectivity index (χ2v) is 5.83. The molecule has 1 aromatic rings. The van der Waals surface area contributed by atoms with E-state index in [1.165, 1.54) is 6.42 Å². The lowest BCUT2D eigenvalue weighted by molar-refractivity contribution is -0.135. The van der Waals surface area contributed by atoms with Gasteiger partial charge in [0.25, 0.3) is 5.91 Å². The Morgan fingerprint density at radius 3 is 2.84 bits per heavy atom. The molecule has 19 heavy (non-hydrogen) atoms. The molecule has 1 saturated heterocycles. The number of nitrogens with zero attached hydrogens (tertiary/aromatic N) is 1. The van der Waals surface area contributed by atoms with E-state index in [1.807, 2.05) is 4.90 Å². The fraction of sp³-hybridized carbons (Fsp3) is 0.500. The number of hydrogen-bond acceptors (Lipinski definition) is 2. The molecule has 1 unspecified atom stereocenters. The number of likely N-dealkylation sites (tertiary alicyclic amines) is 1. The van der Waals surface area contributed by atoms with Crippen LogP contribution in [0.5, 0.6) is 5.75 Å². The minimum absolute atomic E-state index is 0.0561. The summed E-state index contributed by atoms with van der Waals surface area (Å²) in [7, 11) is 0. The van der Waals surface area contributed by atoms with E-state index in [4.69, 9.17) is 16.3 Å². The third-order valence-electron chi connectivity index (χ3n) is 3.27. The van der Waals surface area contributed by atoms with Crippen molar-refractivity contribution in [2.75, 3.05) is 25.0 Å². The maximum atomic E-state index is 12.1. The van der Waals surface area contributed by atoms with E-state index in [2.05, 4.69) is 15.9 Å². The predicted octanol–water partition coefficient (Wildman–Crippen LogP) is 3.35. The molecular weight excluding hydrogens is 330 g/mol. The van der Waals surface area contributed by atoms with Crippen LogP contribution >= 0.6 is 27.5 Å². The number of carbonyl (C=O) groups excluding carboxylic acids is 1. The van der Waals surface area contributed by atoms with Crippen molar-refractivity contribution in [3.8, 4) is 5.75 Å². The molecule has 0 aromatic heterocycles. The topological polar surface area (TPSA) is 29.5 Å². The highest BCUT2D eigenvalue weighted by molar-refractivity contribution is 9.09. The van der Waals surface area contributed by atoms with Crippen molar-refractivity contribution in [1.82, 2.24) is 4.90 Å². The molecule has 1 amide bonds. The zero-order chi connectivity index (χ0) is 13.7. The van der Waals surface area contributed by atoms with Gasteiger partial charge in [0.15, 0.2) is 6.61 Å².